The molecule has 0 spiro atoms. The van der Waals surface area contributed by atoms with Crippen LogP contribution < -0.4 is 14.8 Å². The Morgan fingerprint density at radius 2 is 1.68 bits per heavy atom. The highest BCUT2D eigenvalue weighted by atomic mass is 16.5. The number of amides is 1. The number of anilines is 1. The van der Waals surface area contributed by atoms with Crippen molar-refractivity contribution in [2.45, 2.75) is 6.61 Å². The van der Waals surface area contributed by atoms with E-state index in [9.17, 15) is 10.1 Å². The molecule has 0 aliphatic heterocycles. The minimum absolute atomic E-state index is 0.0545. The van der Waals surface area contributed by atoms with Gasteiger partial charge in [-0.05, 0) is 42.0 Å². The number of hydrogen-bond donors (Lipinski definition) is 1. The highest BCUT2D eigenvalue weighted by molar-refractivity contribution is 6.09. The third-order valence-corrected chi connectivity index (χ3v) is 4.26. The monoisotopic (exact) mass is 408 g/mol. The van der Waals surface area contributed by atoms with Gasteiger partial charge in [0.2, 0.25) is 0 Å². The van der Waals surface area contributed by atoms with Crippen LogP contribution in [-0.4, -0.2) is 12.5 Å². The van der Waals surface area contributed by atoms with E-state index in [0.717, 1.165) is 5.56 Å². The van der Waals surface area contributed by atoms with Crippen molar-refractivity contribution in [2.75, 3.05) is 11.9 Å². The highest BCUT2D eigenvalue weighted by Crippen LogP contribution is 2.22. The Hall–Kier alpha value is -4.48. The van der Waals surface area contributed by atoms with Crippen LogP contribution in [0.15, 0.2) is 84.4 Å². The molecule has 5 heteroatoms. The van der Waals surface area contributed by atoms with Crippen LogP contribution >= 0.6 is 0 Å². The van der Waals surface area contributed by atoms with Crippen LogP contribution in [0, 0.1) is 23.7 Å². The molecule has 152 valence electrons. The summed E-state index contributed by atoms with van der Waals surface area (Å²) >= 11 is 0. The summed E-state index contributed by atoms with van der Waals surface area (Å²) < 4.78 is 11.2. The van der Waals surface area contributed by atoms with Gasteiger partial charge in [0.1, 0.15) is 36.4 Å². The van der Waals surface area contributed by atoms with E-state index in [1.165, 1.54) is 6.08 Å². The van der Waals surface area contributed by atoms with E-state index in [2.05, 4.69) is 11.2 Å². The molecule has 1 N–H and O–H groups in total. The Balaban J connectivity index is 1.65. The van der Waals surface area contributed by atoms with E-state index < -0.39 is 5.91 Å². The van der Waals surface area contributed by atoms with E-state index in [0.29, 0.717) is 29.4 Å². The molecule has 3 aromatic rings. The Morgan fingerprint density at radius 1 is 0.968 bits per heavy atom. The maximum absolute atomic E-state index is 12.6. The summed E-state index contributed by atoms with van der Waals surface area (Å²) in [5, 5.41) is 12.2. The fourth-order valence-corrected chi connectivity index (χ4v) is 2.73. The average Bonchev–Trinajstić information content (AvgIpc) is 2.82. The number of nitrogens with zero attached hydrogens (tertiary/aromatic N) is 1. The summed E-state index contributed by atoms with van der Waals surface area (Å²) in [5.41, 5.74) is 2.15. The van der Waals surface area contributed by atoms with Crippen LogP contribution in [0.1, 0.15) is 11.1 Å². The summed E-state index contributed by atoms with van der Waals surface area (Å²) in [6.07, 6.45) is 6.70. The van der Waals surface area contributed by atoms with E-state index in [1.807, 2.05) is 36.4 Å². The zero-order chi connectivity index (χ0) is 21.9. The van der Waals surface area contributed by atoms with Gasteiger partial charge >= 0.3 is 0 Å². The molecule has 0 bridgehead atoms. The predicted octanol–water partition coefficient (Wildman–Crippen LogP) is 4.82. The lowest BCUT2D eigenvalue weighted by Gasteiger charge is -2.09. The number of hydrogen-bond acceptors (Lipinski definition) is 4. The largest absolute Gasteiger partial charge is 0.489 e. The van der Waals surface area contributed by atoms with E-state index >= 15 is 0 Å². The maximum Gasteiger partial charge on any atom is 0.266 e. The quantitative estimate of drug-likeness (QED) is 0.329. The number of terminal acetylenes is 1. The van der Waals surface area contributed by atoms with Crippen molar-refractivity contribution >= 4 is 17.7 Å². The van der Waals surface area contributed by atoms with Crippen molar-refractivity contribution in [3.8, 4) is 29.9 Å². The van der Waals surface area contributed by atoms with E-state index in [4.69, 9.17) is 15.9 Å². The number of ether oxygens (including phenoxy) is 2. The van der Waals surface area contributed by atoms with Gasteiger partial charge in [-0.3, -0.25) is 4.79 Å². The van der Waals surface area contributed by atoms with Gasteiger partial charge in [-0.25, -0.2) is 0 Å². The fraction of sp³-hybridized carbons (Fsp3) is 0.0769. The van der Waals surface area contributed by atoms with Gasteiger partial charge in [-0.15, -0.1) is 6.42 Å². The Labute approximate surface area is 181 Å². The van der Waals surface area contributed by atoms with Gasteiger partial charge in [0.15, 0.2) is 0 Å². The van der Waals surface area contributed by atoms with Gasteiger partial charge < -0.3 is 14.8 Å². The van der Waals surface area contributed by atoms with Crippen molar-refractivity contribution in [3.63, 3.8) is 0 Å². The number of benzene rings is 3. The van der Waals surface area contributed by atoms with Gasteiger partial charge in [0, 0.05) is 11.3 Å². The topological polar surface area (TPSA) is 71.3 Å². The third kappa shape index (κ3) is 6.25. The van der Waals surface area contributed by atoms with Crippen LogP contribution in [-0.2, 0) is 11.4 Å². The summed E-state index contributed by atoms with van der Waals surface area (Å²) in [7, 11) is 0. The molecule has 0 saturated heterocycles. The summed E-state index contributed by atoms with van der Waals surface area (Å²) in [4.78, 5) is 12.6. The molecular formula is C26H20N2O3. The fourth-order valence-electron chi connectivity index (χ4n) is 2.73. The Kier molecular flexibility index (Phi) is 7.47. The zero-order valence-corrected chi connectivity index (χ0v) is 16.7. The van der Waals surface area contributed by atoms with E-state index in [1.54, 1.807) is 48.5 Å². The summed E-state index contributed by atoms with van der Waals surface area (Å²) in [5.74, 6) is 3.05. The second-order valence-electron chi connectivity index (χ2n) is 6.45. The average molecular weight is 408 g/mol. The first kappa shape index (κ1) is 21.2. The lowest BCUT2D eigenvalue weighted by atomic mass is 10.1. The first-order chi connectivity index (χ1) is 15.2. The van der Waals surface area contributed by atoms with Crippen molar-refractivity contribution in [3.05, 3.63) is 95.6 Å². The molecular weight excluding hydrogens is 388 g/mol. The number of carbonyl (C=O) groups is 1. The van der Waals surface area contributed by atoms with Gasteiger partial charge in [-0.1, -0.05) is 54.5 Å². The molecule has 0 fully saturated rings. The number of carbonyl (C=O) groups excluding carboxylic acids is 1. The van der Waals surface area contributed by atoms with E-state index in [-0.39, 0.29) is 12.2 Å². The SMILES string of the molecule is C#CCOc1ccccc1/C=C(\C#N)C(=O)Nc1ccc(OCc2ccccc2)cc1. The summed E-state index contributed by atoms with van der Waals surface area (Å²) in [6.45, 7) is 0.548. The highest BCUT2D eigenvalue weighted by Gasteiger charge is 2.11. The second-order valence-corrected chi connectivity index (χ2v) is 6.45. The molecule has 1 amide bonds. The van der Waals surface area contributed by atoms with Crippen LogP contribution in [0.3, 0.4) is 0 Å². The molecule has 0 unspecified atom stereocenters. The van der Waals surface area contributed by atoms with Crippen molar-refractivity contribution in [2.24, 2.45) is 0 Å². The van der Waals surface area contributed by atoms with Gasteiger partial charge in [-0.2, -0.15) is 5.26 Å². The Morgan fingerprint density at radius 3 is 2.39 bits per heavy atom. The van der Waals surface area contributed by atoms with Gasteiger partial charge in [0.05, 0.1) is 0 Å². The number of nitrogens with one attached hydrogen (secondary N) is 1. The lowest BCUT2D eigenvalue weighted by Crippen LogP contribution is -2.13. The minimum atomic E-state index is -0.521. The molecule has 0 aromatic heterocycles. The molecule has 3 aromatic carbocycles. The third-order valence-electron chi connectivity index (χ3n) is 4.26. The molecule has 0 aliphatic rings. The predicted molar refractivity (Wildman–Crippen MR) is 120 cm³/mol. The first-order valence-corrected chi connectivity index (χ1v) is 9.55. The second kappa shape index (κ2) is 10.9. The summed E-state index contributed by atoms with van der Waals surface area (Å²) in [6, 6.07) is 25.8. The minimum Gasteiger partial charge on any atom is -0.489 e. The molecule has 5 nitrogen and oxygen atoms in total. The van der Waals surface area contributed by atoms with Crippen molar-refractivity contribution in [1.29, 1.82) is 5.26 Å². The molecule has 0 heterocycles. The number of para-hydroxylation sites is 1. The first-order valence-electron chi connectivity index (χ1n) is 9.55. The maximum atomic E-state index is 12.6. The Bertz CT molecular complexity index is 1140. The standard InChI is InChI=1S/C26H20N2O3/c1-2-16-30-25-11-7-6-10-21(25)17-22(18-27)26(29)28-23-12-14-24(15-13-23)31-19-20-8-4-3-5-9-20/h1,3-15,17H,16,19H2,(H,28,29)/b22-17+. The smallest absolute Gasteiger partial charge is 0.266 e. The van der Waals surface area contributed by atoms with Crippen LogP contribution in [0.2, 0.25) is 0 Å². The van der Waals surface area contributed by atoms with Crippen molar-refractivity contribution in [1.82, 2.24) is 0 Å². The van der Waals surface area contributed by atoms with Crippen LogP contribution in [0.4, 0.5) is 5.69 Å². The van der Waals surface area contributed by atoms with Crippen LogP contribution in [0.25, 0.3) is 6.08 Å². The lowest BCUT2D eigenvalue weighted by molar-refractivity contribution is -0.112. The normalized spacial score (nSPS) is 10.5. The number of nitriles is 1. The molecule has 0 atom stereocenters. The van der Waals surface area contributed by atoms with Crippen molar-refractivity contribution < 1.29 is 14.3 Å². The molecule has 0 aliphatic carbocycles. The van der Waals surface area contributed by atoms with Crippen LogP contribution in [0.5, 0.6) is 11.5 Å². The number of rotatable bonds is 8. The molecule has 3 rings (SSSR count). The zero-order valence-electron chi connectivity index (χ0n) is 16.7. The molecule has 0 radical (unpaired) electrons. The van der Waals surface area contributed by atoms with Gasteiger partial charge in [0.25, 0.3) is 5.91 Å². The molecule has 0 saturated carbocycles. The molecule has 31 heavy (non-hydrogen) atoms.